The first-order chi connectivity index (χ1) is 25.0. The lowest BCUT2D eigenvalue weighted by Gasteiger charge is -2.19. The molecular formula is C35H43F3N6O7S. The van der Waals surface area contributed by atoms with Crippen molar-refractivity contribution in [1.29, 1.82) is 5.26 Å². The Kier molecular flexibility index (Phi) is 17.6. The highest BCUT2D eigenvalue weighted by molar-refractivity contribution is 7.91. The van der Waals surface area contributed by atoms with Crippen LogP contribution >= 0.6 is 0 Å². The number of nitrogens with zero attached hydrogens (tertiary/aromatic N) is 2. The van der Waals surface area contributed by atoms with Gasteiger partial charge in [0.1, 0.15) is 5.56 Å². The zero-order chi connectivity index (χ0) is 37.9. The number of benzene rings is 2. The number of carbonyl (C=O) groups is 2. The molecule has 17 heteroatoms. The molecule has 0 aliphatic carbocycles. The lowest BCUT2D eigenvalue weighted by atomic mass is 10.1. The van der Waals surface area contributed by atoms with Gasteiger partial charge in [0.05, 0.1) is 62.5 Å². The number of ether oxygens (including phenoxy) is 3. The second kappa shape index (κ2) is 21.8. The van der Waals surface area contributed by atoms with Crippen LogP contribution in [0, 0.1) is 18.3 Å². The van der Waals surface area contributed by atoms with Gasteiger partial charge in [-0.2, -0.15) is 18.4 Å². The van der Waals surface area contributed by atoms with Crippen LogP contribution in [0.3, 0.4) is 0 Å². The van der Waals surface area contributed by atoms with Crippen molar-refractivity contribution in [3.8, 4) is 11.8 Å². The van der Waals surface area contributed by atoms with E-state index >= 15 is 0 Å². The molecule has 4 N–H and O–H groups in total. The second-order valence-corrected chi connectivity index (χ2v) is 12.6. The zero-order valence-electron chi connectivity index (χ0n) is 29.0. The molecule has 1 heterocycles. The van der Waals surface area contributed by atoms with Crippen molar-refractivity contribution in [2.45, 2.75) is 35.7 Å². The Balaban J connectivity index is 1.51. The molecular weight excluding hydrogens is 705 g/mol. The maximum Gasteiger partial charge on any atom is 0.416 e. The van der Waals surface area contributed by atoms with Crippen LogP contribution in [0.1, 0.15) is 40.0 Å². The number of hydrogen-bond acceptors (Lipinski definition) is 9. The highest BCUT2D eigenvalue weighted by atomic mass is 32.2. The third kappa shape index (κ3) is 13.3. The predicted octanol–water partition coefficient (Wildman–Crippen LogP) is 3.28. The van der Waals surface area contributed by atoms with Crippen molar-refractivity contribution >= 4 is 23.1 Å². The minimum Gasteiger partial charge on any atom is -0.606 e. The van der Waals surface area contributed by atoms with Gasteiger partial charge in [0.15, 0.2) is 9.79 Å². The first-order valence-corrected chi connectivity index (χ1v) is 17.7. The van der Waals surface area contributed by atoms with Crippen molar-refractivity contribution in [3.63, 3.8) is 0 Å². The van der Waals surface area contributed by atoms with Gasteiger partial charge >= 0.3 is 12.2 Å². The van der Waals surface area contributed by atoms with Crippen LogP contribution in [0.5, 0.6) is 0 Å². The minimum atomic E-state index is -4.70. The number of nitrogens with one attached hydrogen (secondary N) is 4. The van der Waals surface area contributed by atoms with Gasteiger partial charge in [-0.15, -0.1) is 0 Å². The number of halogens is 3. The molecule has 3 rings (SSSR count). The minimum absolute atomic E-state index is 0.0105. The summed E-state index contributed by atoms with van der Waals surface area (Å²) in [7, 11) is 1.88. The standard InChI is InChI=1S/C35H43F3N6O7S/c1-25-31(52(48)29-10-8-26(24-39)9-11-29)23-30(33(46)44(25)28-7-5-6-27(22-28)35(36,37)38)32(45)41-14-16-49-18-20-51-21-19-50-17-15-43-34(47)42-13-4-3-12-40-2/h5-11,22-23,40H,3-4,12-21H2,1-2H3,(H,41,45)(H2,42,43,47). The Hall–Kier alpha value is -4.44. The van der Waals surface area contributed by atoms with Gasteiger partial charge in [-0.25, -0.2) is 4.79 Å². The van der Waals surface area contributed by atoms with E-state index in [2.05, 4.69) is 21.3 Å². The molecule has 0 fully saturated rings. The number of aromatic nitrogens is 1. The Bertz CT molecular complexity index is 1700. The zero-order valence-corrected chi connectivity index (χ0v) is 29.8. The lowest BCUT2D eigenvalue weighted by molar-refractivity contribution is -0.137. The first-order valence-electron chi connectivity index (χ1n) is 16.5. The number of carbonyl (C=O) groups excluding carboxylic acids is 2. The fourth-order valence-electron chi connectivity index (χ4n) is 4.74. The molecule has 0 saturated carbocycles. The number of nitriles is 1. The third-order valence-corrected chi connectivity index (χ3v) is 8.93. The van der Waals surface area contributed by atoms with E-state index in [-0.39, 0.29) is 53.6 Å². The molecule has 0 radical (unpaired) electrons. The average Bonchev–Trinajstić information content (AvgIpc) is 3.13. The molecule has 1 unspecified atom stereocenters. The summed E-state index contributed by atoms with van der Waals surface area (Å²) in [5, 5.41) is 20.2. The molecule has 1 atom stereocenters. The normalized spacial score (nSPS) is 11.9. The van der Waals surface area contributed by atoms with Crippen LogP contribution in [0.4, 0.5) is 18.0 Å². The Labute approximate surface area is 303 Å². The summed E-state index contributed by atoms with van der Waals surface area (Å²) < 4.78 is 71.5. The van der Waals surface area contributed by atoms with Crippen molar-refractivity contribution in [3.05, 3.63) is 87.3 Å². The van der Waals surface area contributed by atoms with E-state index in [4.69, 9.17) is 19.5 Å². The fourth-order valence-corrected chi connectivity index (χ4v) is 5.97. The number of alkyl halides is 3. The smallest absolute Gasteiger partial charge is 0.416 e. The van der Waals surface area contributed by atoms with E-state index in [1.165, 1.54) is 43.3 Å². The molecule has 52 heavy (non-hydrogen) atoms. The Morgan fingerprint density at radius 2 is 1.46 bits per heavy atom. The summed E-state index contributed by atoms with van der Waals surface area (Å²) in [5.74, 6) is -0.836. The number of rotatable bonds is 21. The van der Waals surface area contributed by atoms with Crippen molar-refractivity contribution < 1.29 is 41.5 Å². The SMILES string of the molecule is CNCCCCNC(=O)NCCOCCOCCOCCNC(=O)c1cc([S+]([O-])c2ccc(C#N)cc2)c(C)n(-c2cccc(C(F)(F)F)c2)c1=O. The molecule has 2 aromatic carbocycles. The maximum atomic E-state index is 13.7. The maximum absolute atomic E-state index is 13.7. The fraction of sp³-hybridized carbons (Fsp3) is 0.429. The second-order valence-electron chi connectivity index (χ2n) is 11.2. The molecule has 3 aromatic rings. The summed E-state index contributed by atoms with van der Waals surface area (Å²) in [4.78, 5) is 38.8. The summed E-state index contributed by atoms with van der Waals surface area (Å²) >= 11 is -1.97. The number of hydrogen-bond donors (Lipinski definition) is 4. The number of pyridine rings is 1. The first kappa shape index (κ1) is 42.0. The Morgan fingerprint density at radius 3 is 2.08 bits per heavy atom. The van der Waals surface area contributed by atoms with E-state index in [1.807, 2.05) is 13.1 Å². The van der Waals surface area contributed by atoms with E-state index in [9.17, 15) is 32.1 Å². The third-order valence-electron chi connectivity index (χ3n) is 7.42. The van der Waals surface area contributed by atoms with Crippen LogP contribution in [-0.2, 0) is 31.6 Å². The highest BCUT2D eigenvalue weighted by Gasteiger charge is 2.32. The Morgan fingerprint density at radius 1 is 0.865 bits per heavy atom. The van der Waals surface area contributed by atoms with Crippen LogP contribution in [0.2, 0.25) is 0 Å². The van der Waals surface area contributed by atoms with Crippen molar-refractivity contribution in [2.24, 2.45) is 0 Å². The van der Waals surface area contributed by atoms with Gasteiger partial charge in [-0.3, -0.25) is 14.2 Å². The highest BCUT2D eigenvalue weighted by Crippen LogP contribution is 2.31. The van der Waals surface area contributed by atoms with Gasteiger partial charge in [0, 0.05) is 42.6 Å². The quantitative estimate of drug-likeness (QED) is 0.0940. The molecule has 0 spiro atoms. The molecule has 0 bridgehead atoms. The number of urea groups is 1. The predicted molar refractivity (Wildman–Crippen MR) is 187 cm³/mol. The van der Waals surface area contributed by atoms with Gasteiger partial charge in [0.2, 0.25) is 0 Å². The molecule has 0 aliphatic heterocycles. The molecule has 13 nitrogen and oxygen atoms in total. The van der Waals surface area contributed by atoms with E-state index in [0.29, 0.717) is 38.5 Å². The van der Waals surface area contributed by atoms with E-state index in [0.717, 1.165) is 42.2 Å². The summed E-state index contributed by atoms with van der Waals surface area (Å²) in [5.41, 5.74) is -2.11. The van der Waals surface area contributed by atoms with E-state index < -0.39 is 39.9 Å². The van der Waals surface area contributed by atoms with Crippen LogP contribution in [0.25, 0.3) is 5.69 Å². The monoisotopic (exact) mass is 748 g/mol. The van der Waals surface area contributed by atoms with Crippen LogP contribution in [0.15, 0.2) is 69.2 Å². The molecule has 282 valence electrons. The van der Waals surface area contributed by atoms with Crippen LogP contribution < -0.4 is 26.8 Å². The van der Waals surface area contributed by atoms with Gasteiger partial charge < -0.3 is 40.0 Å². The molecule has 0 saturated heterocycles. The van der Waals surface area contributed by atoms with Gasteiger partial charge in [0.25, 0.3) is 11.5 Å². The topological polar surface area (TPSA) is 179 Å². The molecule has 0 aliphatic rings. The summed E-state index contributed by atoms with van der Waals surface area (Å²) in [6.07, 6.45) is -2.83. The van der Waals surface area contributed by atoms with Crippen molar-refractivity contribution in [2.75, 3.05) is 72.9 Å². The van der Waals surface area contributed by atoms with E-state index in [1.54, 1.807) is 0 Å². The number of unbranched alkanes of at least 4 members (excludes halogenated alkanes) is 1. The van der Waals surface area contributed by atoms with Crippen molar-refractivity contribution in [1.82, 2.24) is 25.8 Å². The lowest BCUT2D eigenvalue weighted by Crippen LogP contribution is -2.38. The van der Waals surface area contributed by atoms with Gasteiger partial charge in [-0.1, -0.05) is 6.07 Å². The average molecular weight is 749 g/mol. The summed E-state index contributed by atoms with van der Waals surface area (Å²) in [6, 6.07) is 12.8. The molecule has 1 aromatic heterocycles. The summed E-state index contributed by atoms with van der Waals surface area (Å²) in [6.45, 7) is 4.72. The van der Waals surface area contributed by atoms with Crippen LogP contribution in [-0.4, -0.2) is 93.9 Å². The largest absolute Gasteiger partial charge is 0.606 e. The molecule has 3 amide bonds. The number of amides is 3. The van der Waals surface area contributed by atoms with Gasteiger partial charge in [-0.05, 0) is 75.8 Å².